The molecular formula is C14H15Cl2FN2O. The van der Waals surface area contributed by atoms with Gasteiger partial charge in [0.1, 0.15) is 16.7 Å². The normalized spacial score (nSPS) is 11.9. The Bertz CT molecular complexity index is 627. The summed E-state index contributed by atoms with van der Waals surface area (Å²) < 4.78 is 15.2. The Morgan fingerprint density at radius 2 is 1.95 bits per heavy atom. The van der Waals surface area contributed by atoms with Crippen molar-refractivity contribution in [2.75, 3.05) is 0 Å². The average Bonchev–Trinajstić information content (AvgIpc) is 2.66. The van der Waals surface area contributed by atoms with Crippen molar-refractivity contribution in [1.29, 1.82) is 0 Å². The van der Waals surface area contributed by atoms with Crippen LogP contribution in [0.15, 0.2) is 18.2 Å². The van der Waals surface area contributed by atoms with Gasteiger partial charge in [0.15, 0.2) is 0 Å². The number of halogens is 3. The number of hydrogen-bond acceptors (Lipinski definition) is 2. The van der Waals surface area contributed by atoms with Gasteiger partial charge in [-0.2, -0.15) is 5.10 Å². The third-order valence-corrected chi connectivity index (χ3v) is 3.63. The summed E-state index contributed by atoms with van der Waals surface area (Å²) in [6, 6.07) is 4.36. The first kappa shape index (κ1) is 15.3. The van der Waals surface area contributed by atoms with E-state index in [1.54, 1.807) is 6.07 Å². The highest BCUT2D eigenvalue weighted by Gasteiger charge is 2.27. The Morgan fingerprint density at radius 3 is 2.40 bits per heavy atom. The molecule has 1 N–H and O–H groups in total. The molecule has 2 aromatic rings. The zero-order valence-corrected chi connectivity index (χ0v) is 12.9. The molecule has 0 unspecified atom stereocenters. The van der Waals surface area contributed by atoms with Crippen molar-refractivity contribution in [3.8, 4) is 5.69 Å². The molecule has 0 spiro atoms. The van der Waals surface area contributed by atoms with Crippen molar-refractivity contribution in [3.05, 3.63) is 45.4 Å². The third-order valence-electron chi connectivity index (χ3n) is 2.94. The van der Waals surface area contributed by atoms with Gasteiger partial charge in [0.25, 0.3) is 0 Å². The summed E-state index contributed by atoms with van der Waals surface area (Å²) in [7, 11) is 0. The molecule has 2 rings (SSSR count). The largest absolute Gasteiger partial charge is 0.391 e. The summed E-state index contributed by atoms with van der Waals surface area (Å²) in [5.74, 6) is -0.521. The molecule has 0 aliphatic rings. The Kier molecular flexibility index (Phi) is 4.09. The molecule has 0 amide bonds. The summed E-state index contributed by atoms with van der Waals surface area (Å²) in [4.78, 5) is 0. The van der Waals surface area contributed by atoms with Crippen molar-refractivity contribution in [2.24, 2.45) is 0 Å². The minimum Gasteiger partial charge on any atom is -0.391 e. The van der Waals surface area contributed by atoms with Gasteiger partial charge in [-0.3, -0.25) is 0 Å². The zero-order chi connectivity index (χ0) is 15.1. The van der Waals surface area contributed by atoms with Crippen molar-refractivity contribution in [3.63, 3.8) is 0 Å². The van der Waals surface area contributed by atoms with Gasteiger partial charge in [-0.05, 0) is 12.1 Å². The van der Waals surface area contributed by atoms with Gasteiger partial charge in [-0.1, -0.05) is 50.0 Å². The van der Waals surface area contributed by atoms with Crippen LogP contribution in [0, 0.1) is 5.82 Å². The van der Waals surface area contributed by atoms with Gasteiger partial charge in [-0.25, -0.2) is 9.07 Å². The predicted molar refractivity (Wildman–Crippen MR) is 78.2 cm³/mol. The molecule has 1 heterocycles. The maximum Gasteiger partial charge on any atom is 0.150 e. The Labute approximate surface area is 126 Å². The van der Waals surface area contributed by atoms with E-state index >= 15 is 0 Å². The molecular weight excluding hydrogens is 302 g/mol. The number of rotatable bonds is 2. The van der Waals surface area contributed by atoms with E-state index in [9.17, 15) is 9.50 Å². The summed E-state index contributed by atoms with van der Waals surface area (Å²) in [6.45, 7) is 5.56. The van der Waals surface area contributed by atoms with Crippen LogP contribution in [0.2, 0.25) is 10.2 Å². The maximum absolute atomic E-state index is 14.0. The van der Waals surface area contributed by atoms with Crippen molar-refractivity contribution in [1.82, 2.24) is 9.78 Å². The molecule has 0 bridgehead atoms. The molecule has 1 aromatic heterocycles. The first-order valence-electron chi connectivity index (χ1n) is 6.10. The number of aliphatic hydroxyl groups is 1. The molecule has 0 radical (unpaired) electrons. The number of nitrogens with zero attached hydrogens (tertiary/aromatic N) is 2. The summed E-state index contributed by atoms with van der Waals surface area (Å²) >= 11 is 12.3. The lowest BCUT2D eigenvalue weighted by atomic mass is 9.90. The van der Waals surface area contributed by atoms with Crippen LogP contribution in [-0.4, -0.2) is 14.9 Å². The summed E-state index contributed by atoms with van der Waals surface area (Å²) in [6.07, 6.45) is 0. The van der Waals surface area contributed by atoms with Gasteiger partial charge in [-0.15, -0.1) is 0 Å². The Balaban J connectivity index is 2.74. The molecule has 0 atom stereocenters. The predicted octanol–water partition coefficient (Wildman–Crippen LogP) is 4.11. The molecule has 0 aliphatic heterocycles. The highest BCUT2D eigenvalue weighted by atomic mass is 35.5. The van der Waals surface area contributed by atoms with E-state index in [-0.39, 0.29) is 27.9 Å². The summed E-state index contributed by atoms with van der Waals surface area (Å²) in [5, 5.41) is 14.2. The molecule has 0 fully saturated rings. The second-order valence-corrected chi connectivity index (χ2v) is 6.27. The lowest BCUT2D eigenvalue weighted by Crippen LogP contribution is -2.15. The lowest BCUT2D eigenvalue weighted by Gasteiger charge is -2.16. The Morgan fingerprint density at radius 1 is 1.30 bits per heavy atom. The van der Waals surface area contributed by atoms with Crippen LogP contribution in [-0.2, 0) is 12.0 Å². The first-order chi connectivity index (χ1) is 9.27. The van der Waals surface area contributed by atoms with Gasteiger partial charge < -0.3 is 5.11 Å². The standard InChI is InChI=1S/C14H15Cl2FN2O/c1-14(2,3)12-8(7-20)13(16)19(18-12)11-9(15)5-4-6-10(11)17/h4-6,20H,7H2,1-3H3. The van der Waals surface area contributed by atoms with E-state index in [1.807, 2.05) is 20.8 Å². The maximum atomic E-state index is 14.0. The number of aromatic nitrogens is 2. The fourth-order valence-corrected chi connectivity index (χ4v) is 2.53. The fourth-order valence-electron chi connectivity index (χ4n) is 2.01. The molecule has 20 heavy (non-hydrogen) atoms. The monoisotopic (exact) mass is 316 g/mol. The number of benzene rings is 1. The molecule has 0 saturated heterocycles. The summed E-state index contributed by atoms with van der Waals surface area (Å²) in [5.41, 5.74) is 0.859. The topological polar surface area (TPSA) is 38.0 Å². The van der Waals surface area contributed by atoms with E-state index in [4.69, 9.17) is 23.2 Å². The minimum atomic E-state index is -0.521. The number of aliphatic hydroxyl groups excluding tert-OH is 1. The van der Waals surface area contributed by atoms with Gasteiger partial charge in [0, 0.05) is 11.0 Å². The molecule has 6 heteroatoms. The van der Waals surface area contributed by atoms with E-state index in [0.717, 1.165) is 0 Å². The van der Waals surface area contributed by atoms with E-state index in [2.05, 4.69) is 5.10 Å². The van der Waals surface area contributed by atoms with Crippen LogP contribution in [0.5, 0.6) is 0 Å². The second-order valence-electron chi connectivity index (χ2n) is 5.51. The third kappa shape index (κ3) is 2.55. The van der Waals surface area contributed by atoms with E-state index in [0.29, 0.717) is 11.3 Å². The van der Waals surface area contributed by atoms with Crippen LogP contribution in [0.3, 0.4) is 0 Å². The van der Waals surface area contributed by atoms with Gasteiger partial charge >= 0.3 is 0 Å². The lowest BCUT2D eigenvalue weighted by molar-refractivity contribution is 0.278. The smallest absolute Gasteiger partial charge is 0.150 e. The SMILES string of the molecule is CC(C)(C)c1nn(-c2c(F)cccc2Cl)c(Cl)c1CO. The van der Waals surface area contributed by atoms with Crippen LogP contribution >= 0.6 is 23.2 Å². The van der Waals surface area contributed by atoms with Crippen molar-refractivity contribution in [2.45, 2.75) is 32.8 Å². The van der Waals surface area contributed by atoms with Crippen LogP contribution in [0.1, 0.15) is 32.0 Å². The first-order valence-corrected chi connectivity index (χ1v) is 6.86. The average molecular weight is 317 g/mol. The molecule has 1 aromatic carbocycles. The molecule has 0 aliphatic carbocycles. The molecule has 3 nitrogen and oxygen atoms in total. The minimum absolute atomic E-state index is 0.0874. The highest BCUT2D eigenvalue weighted by molar-refractivity contribution is 6.33. The van der Waals surface area contributed by atoms with Crippen LogP contribution in [0.4, 0.5) is 4.39 Å². The van der Waals surface area contributed by atoms with Gasteiger partial charge in [0.2, 0.25) is 0 Å². The zero-order valence-electron chi connectivity index (χ0n) is 11.4. The Hall–Kier alpha value is -1.10. The highest BCUT2D eigenvalue weighted by Crippen LogP contribution is 2.34. The van der Waals surface area contributed by atoms with E-state index in [1.165, 1.54) is 16.8 Å². The van der Waals surface area contributed by atoms with Crippen LogP contribution < -0.4 is 0 Å². The molecule has 108 valence electrons. The van der Waals surface area contributed by atoms with Gasteiger partial charge in [0.05, 0.1) is 17.3 Å². The number of hydrogen-bond donors (Lipinski definition) is 1. The second kappa shape index (κ2) is 5.35. The van der Waals surface area contributed by atoms with Crippen molar-refractivity contribution < 1.29 is 9.50 Å². The van der Waals surface area contributed by atoms with Crippen molar-refractivity contribution >= 4 is 23.2 Å². The molecule has 0 saturated carbocycles. The van der Waals surface area contributed by atoms with E-state index < -0.39 is 5.82 Å². The fraction of sp³-hybridized carbons (Fsp3) is 0.357. The van der Waals surface area contributed by atoms with Crippen LogP contribution in [0.25, 0.3) is 5.69 Å². The quantitative estimate of drug-likeness (QED) is 0.905. The number of para-hydroxylation sites is 1.